The molecule has 3 N–H and O–H groups in total. The van der Waals surface area contributed by atoms with E-state index in [9.17, 15) is 4.79 Å². The van der Waals surface area contributed by atoms with Gasteiger partial charge in [-0.05, 0) is 74.8 Å². The van der Waals surface area contributed by atoms with Gasteiger partial charge in [0.15, 0.2) is 0 Å². The van der Waals surface area contributed by atoms with E-state index in [1.54, 1.807) is 0 Å². The molecule has 0 bridgehead atoms. The minimum atomic E-state index is -0.0992. The van der Waals surface area contributed by atoms with E-state index in [1.165, 1.54) is 35.2 Å². The molecule has 0 atom stereocenters. The third-order valence-corrected chi connectivity index (χ3v) is 7.40. The van der Waals surface area contributed by atoms with E-state index in [1.807, 2.05) is 0 Å². The van der Waals surface area contributed by atoms with Gasteiger partial charge in [0, 0.05) is 37.4 Å². The lowest BCUT2D eigenvalue weighted by Gasteiger charge is -2.30. The fourth-order valence-corrected chi connectivity index (χ4v) is 5.46. The van der Waals surface area contributed by atoms with Crippen molar-refractivity contribution in [2.45, 2.75) is 96.6 Å². The maximum Gasteiger partial charge on any atom is 0.319 e. The molecule has 1 saturated carbocycles. The molecule has 0 saturated heterocycles. The van der Waals surface area contributed by atoms with Crippen molar-refractivity contribution in [3.8, 4) is 0 Å². The molecule has 190 valence electrons. The Morgan fingerprint density at radius 1 is 1.06 bits per heavy atom. The molecule has 35 heavy (non-hydrogen) atoms. The van der Waals surface area contributed by atoms with Crippen LogP contribution in [-0.2, 0) is 19.3 Å². The van der Waals surface area contributed by atoms with Gasteiger partial charge in [-0.3, -0.25) is 0 Å². The minimum absolute atomic E-state index is 0.0992. The number of carbonyl (C=O) groups is 1. The van der Waals surface area contributed by atoms with Gasteiger partial charge < -0.3 is 20.9 Å². The van der Waals surface area contributed by atoms with Crippen LogP contribution >= 0.6 is 0 Å². The summed E-state index contributed by atoms with van der Waals surface area (Å²) in [5, 5.41) is 9.98. The zero-order chi connectivity index (χ0) is 24.9. The number of nitrogens with one attached hydrogen (secondary N) is 3. The van der Waals surface area contributed by atoms with Gasteiger partial charge in [0.2, 0.25) is 5.95 Å². The highest BCUT2D eigenvalue weighted by Crippen LogP contribution is 2.30. The number of carbonyl (C=O) groups excluding carboxylic acids is 1. The summed E-state index contributed by atoms with van der Waals surface area (Å²) in [6.45, 7) is 6.46. The van der Waals surface area contributed by atoms with Gasteiger partial charge in [-0.15, -0.1) is 0 Å². The monoisotopic (exact) mass is 478 g/mol. The van der Waals surface area contributed by atoms with Crippen molar-refractivity contribution in [2.75, 3.05) is 29.6 Å². The third-order valence-electron chi connectivity index (χ3n) is 7.40. The Hall–Kier alpha value is -2.83. The van der Waals surface area contributed by atoms with Gasteiger partial charge in [-0.1, -0.05) is 39.0 Å². The Labute approximate surface area is 210 Å². The fourth-order valence-electron chi connectivity index (χ4n) is 5.46. The zero-order valence-electron chi connectivity index (χ0n) is 22.1. The lowest BCUT2D eigenvalue weighted by Crippen LogP contribution is -2.42. The van der Waals surface area contributed by atoms with Gasteiger partial charge >= 0.3 is 6.03 Å². The largest absolute Gasteiger partial charge is 0.362 e. The Kier molecular flexibility index (Phi) is 8.14. The lowest BCUT2D eigenvalue weighted by molar-refractivity contribution is 0.243. The van der Waals surface area contributed by atoms with E-state index < -0.39 is 0 Å². The molecular weight excluding hydrogens is 436 g/mol. The summed E-state index contributed by atoms with van der Waals surface area (Å²) in [7, 11) is 4.12. The number of nitrogens with zero attached hydrogens (tertiary/aromatic N) is 3. The van der Waals surface area contributed by atoms with E-state index in [4.69, 9.17) is 9.97 Å². The van der Waals surface area contributed by atoms with Crippen LogP contribution < -0.4 is 20.9 Å². The maximum absolute atomic E-state index is 12.9. The van der Waals surface area contributed by atoms with Crippen molar-refractivity contribution in [1.29, 1.82) is 0 Å². The molecule has 1 fully saturated rings. The maximum atomic E-state index is 12.9. The summed E-state index contributed by atoms with van der Waals surface area (Å²) in [6.07, 6.45) is 9.31. The van der Waals surface area contributed by atoms with Crippen LogP contribution in [0.15, 0.2) is 18.2 Å². The Balaban J connectivity index is 1.33. The van der Waals surface area contributed by atoms with Crippen molar-refractivity contribution in [1.82, 2.24) is 15.3 Å². The van der Waals surface area contributed by atoms with Gasteiger partial charge in [0.25, 0.3) is 0 Å². The van der Waals surface area contributed by atoms with E-state index in [0.717, 1.165) is 62.4 Å². The highest BCUT2D eigenvalue weighted by atomic mass is 16.2. The van der Waals surface area contributed by atoms with Crippen LogP contribution in [-0.4, -0.2) is 42.2 Å². The first-order chi connectivity index (χ1) is 16.9. The Morgan fingerprint density at radius 2 is 1.77 bits per heavy atom. The second kappa shape index (κ2) is 11.3. The number of anilines is 3. The van der Waals surface area contributed by atoms with Gasteiger partial charge in [0.1, 0.15) is 5.82 Å². The normalized spacial score (nSPS) is 19.7. The van der Waals surface area contributed by atoms with Gasteiger partial charge in [-0.25, -0.2) is 9.78 Å². The van der Waals surface area contributed by atoms with Crippen LogP contribution in [0.1, 0.15) is 87.6 Å². The smallest absolute Gasteiger partial charge is 0.319 e. The van der Waals surface area contributed by atoms with Crippen LogP contribution in [0.25, 0.3) is 0 Å². The lowest BCUT2D eigenvalue weighted by atomic mass is 9.91. The van der Waals surface area contributed by atoms with E-state index in [2.05, 4.69) is 73.9 Å². The van der Waals surface area contributed by atoms with E-state index in [-0.39, 0.29) is 12.1 Å². The molecule has 0 unspecified atom stereocenters. The summed E-state index contributed by atoms with van der Waals surface area (Å²) in [6, 6.07) is 6.72. The molecule has 2 amide bonds. The minimum Gasteiger partial charge on any atom is -0.362 e. The predicted molar refractivity (Wildman–Crippen MR) is 145 cm³/mol. The zero-order valence-corrected chi connectivity index (χ0v) is 22.1. The van der Waals surface area contributed by atoms with Crippen LogP contribution in [0.4, 0.5) is 22.2 Å². The number of rotatable bonds is 7. The summed E-state index contributed by atoms with van der Waals surface area (Å²) < 4.78 is 0. The second-order valence-corrected chi connectivity index (χ2v) is 10.6. The number of urea groups is 1. The number of para-hydroxylation sites is 1. The van der Waals surface area contributed by atoms with Crippen molar-refractivity contribution in [3.63, 3.8) is 0 Å². The van der Waals surface area contributed by atoms with E-state index in [0.29, 0.717) is 12.0 Å². The van der Waals surface area contributed by atoms with Gasteiger partial charge in [0.05, 0.1) is 5.69 Å². The quantitative estimate of drug-likeness (QED) is 0.479. The summed E-state index contributed by atoms with van der Waals surface area (Å²) >= 11 is 0. The number of hydrogen-bond donors (Lipinski definition) is 3. The number of aromatic nitrogens is 2. The predicted octanol–water partition coefficient (Wildman–Crippen LogP) is 5.65. The first kappa shape index (κ1) is 25.3. The number of amides is 2. The summed E-state index contributed by atoms with van der Waals surface area (Å²) in [5.74, 6) is 2.16. The molecule has 1 aromatic carbocycles. The van der Waals surface area contributed by atoms with E-state index >= 15 is 0 Å². The average molecular weight is 479 g/mol. The van der Waals surface area contributed by atoms with Crippen LogP contribution in [0, 0.1) is 0 Å². The average Bonchev–Trinajstić information content (AvgIpc) is 2.84. The molecule has 0 radical (unpaired) electrons. The number of hydrogen-bond acceptors (Lipinski definition) is 5. The molecule has 4 rings (SSSR count). The highest BCUT2D eigenvalue weighted by Gasteiger charge is 2.25. The van der Waals surface area contributed by atoms with Crippen molar-refractivity contribution >= 4 is 23.5 Å². The SMILES string of the molecule is CCc1cccc(C(C)C)c1NC(=O)N[C@H]1CC[C@@H](Nc2nc3c(c(N(C)C)n2)CCCC3)CC1. The van der Waals surface area contributed by atoms with Crippen LogP contribution in [0.5, 0.6) is 0 Å². The van der Waals surface area contributed by atoms with Gasteiger partial charge in [-0.2, -0.15) is 4.98 Å². The molecular formula is C28H42N6O. The summed E-state index contributed by atoms with van der Waals surface area (Å²) in [5.41, 5.74) is 5.86. The first-order valence-corrected chi connectivity index (χ1v) is 13.4. The topological polar surface area (TPSA) is 82.2 Å². The molecule has 1 aromatic heterocycles. The van der Waals surface area contributed by atoms with Crippen molar-refractivity contribution < 1.29 is 4.79 Å². The molecule has 0 aliphatic heterocycles. The van der Waals surface area contributed by atoms with Crippen LogP contribution in [0.3, 0.4) is 0 Å². The molecule has 2 aromatic rings. The number of fused-ring (bicyclic) bond motifs is 1. The highest BCUT2D eigenvalue weighted by molar-refractivity contribution is 5.91. The molecule has 7 nitrogen and oxygen atoms in total. The second-order valence-electron chi connectivity index (χ2n) is 10.6. The number of benzene rings is 1. The third kappa shape index (κ3) is 6.06. The number of aryl methyl sites for hydroxylation is 2. The van der Waals surface area contributed by atoms with Crippen molar-refractivity contribution in [3.05, 3.63) is 40.6 Å². The Bertz CT molecular complexity index is 1030. The Morgan fingerprint density at radius 3 is 2.46 bits per heavy atom. The van der Waals surface area contributed by atoms with Crippen LogP contribution in [0.2, 0.25) is 0 Å². The molecule has 2 aliphatic carbocycles. The van der Waals surface area contributed by atoms with Crippen molar-refractivity contribution in [2.24, 2.45) is 0 Å². The molecule has 0 spiro atoms. The fraction of sp³-hybridized carbons (Fsp3) is 0.607. The molecule has 7 heteroatoms. The standard InChI is InChI=1S/C28H42N6O/c1-6-19-10-9-12-22(18(2)3)25(19)32-28(35)30-21-16-14-20(15-17-21)29-27-31-24-13-8-7-11-23(24)26(33-27)34(4)5/h9-10,12,18,20-21H,6-8,11,13-17H2,1-5H3,(H,29,31,33)(H2,30,32,35)/t20-,21+. The first-order valence-electron chi connectivity index (χ1n) is 13.4. The summed E-state index contributed by atoms with van der Waals surface area (Å²) in [4.78, 5) is 24.7. The molecule has 1 heterocycles. The molecule has 2 aliphatic rings.